The van der Waals surface area contributed by atoms with Crippen molar-refractivity contribution >= 4 is 21.6 Å². The number of rotatable bonds is 6. The Kier molecular flexibility index (Phi) is 5.11. The van der Waals surface area contributed by atoms with Gasteiger partial charge in [0.25, 0.3) is 0 Å². The Labute approximate surface area is 106 Å². The minimum Gasteiger partial charge on any atom is -0.399 e. The lowest BCUT2D eigenvalue weighted by Gasteiger charge is -2.04. The zero-order valence-corrected chi connectivity index (χ0v) is 10.7. The standard InChI is InChI=1S/C11H17N3O3S/c12-10-4-1-9(2-5-10)3-6-11(15)14-7-8-18(13,16)17/h1-2,4-5H,3,6-8,12H2,(H,14,15)(H2,13,16,17). The second kappa shape index (κ2) is 6.36. The number of nitrogens with one attached hydrogen (secondary N) is 1. The Morgan fingerprint density at radius 3 is 2.39 bits per heavy atom. The van der Waals surface area contributed by atoms with E-state index in [1.165, 1.54) is 0 Å². The molecule has 0 radical (unpaired) electrons. The van der Waals surface area contributed by atoms with Crippen LogP contribution in [0.25, 0.3) is 0 Å². The number of benzene rings is 1. The zero-order valence-electron chi connectivity index (χ0n) is 9.93. The number of carbonyl (C=O) groups is 1. The van der Waals surface area contributed by atoms with E-state index in [1.807, 2.05) is 12.1 Å². The van der Waals surface area contributed by atoms with Crippen LogP contribution in [0.1, 0.15) is 12.0 Å². The van der Waals surface area contributed by atoms with Crippen molar-refractivity contribution in [1.29, 1.82) is 0 Å². The van der Waals surface area contributed by atoms with E-state index >= 15 is 0 Å². The molecular weight excluding hydrogens is 254 g/mol. The van der Waals surface area contributed by atoms with Gasteiger partial charge in [0, 0.05) is 18.7 Å². The lowest BCUT2D eigenvalue weighted by Crippen LogP contribution is -2.31. The Balaban J connectivity index is 2.27. The van der Waals surface area contributed by atoms with Crippen molar-refractivity contribution in [3.63, 3.8) is 0 Å². The van der Waals surface area contributed by atoms with Crippen molar-refractivity contribution in [1.82, 2.24) is 5.32 Å². The van der Waals surface area contributed by atoms with Crippen LogP contribution < -0.4 is 16.2 Å². The number of nitrogen functional groups attached to an aromatic ring is 1. The van der Waals surface area contributed by atoms with Gasteiger partial charge in [-0.1, -0.05) is 12.1 Å². The second-order valence-corrected chi connectivity index (χ2v) is 5.69. The first-order chi connectivity index (χ1) is 8.37. The number of primary sulfonamides is 1. The smallest absolute Gasteiger partial charge is 0.220 e. The summed E-state index contributed by atoms with van der Waals surface area (Å²) in [5, 5.41) is 7.31. The van der Waals surface area contributed by atoms with Gasteiger partial charge in [-0.3, -0.25) is 4.79 Å². The van der Waals surface area contributed by atoms with Gasteiger partial charge in [0.15, 0.2) is 0 Å². The average molecular weight is 271 g/mol. The monoisotopic (exact) mass is 271 g/mol. The van der Waals surface area contributed by atoms with Crippen LogP contribution in [-0.4, -0.2) is 26.6 Å². The fraction of sp³-hybridized carbons (Fsp3) is 0.364. The van der Waals surface area contributed by atoms with Gasteiger partial charge in [-0.05, 0) is 24.1 Å². The number of carbonyl (C=O) groups excluding carboxylic acids is 1. The molecule has 0 saturated carbocycles. The largest absolute Gasteiger partial charge is 0.399 e. The molecule has 0 fully saturated rings. The SMILES string of the molecule is Nc1ccc(CCC(=O)NCCS(N)(=O)=O)cc1. The third-order valence-electron chi connectivity index (χ3n) is 2.33. The molecule has 0 saturated heterocycles. The maximum absolute atomic E-state index is 11.4. The molecule has 7 heteroatoms. The Morgan fingerprint density at radius 1 is 1.22 bits per heavy atom. The molecule has 1 rings (SSSR count). The molecule has 1 aromatic carbocycles. The fourth-order valence-corrected chi connectivity index (χ4v) is 1.75. The quantitative estimate of drug-likeness (QED) is 0.611. The van der Waals surface area contributed by atoms with Crippen LogP contribution in [-0.2, 0) is 21.2 Å². The van der Waals surface area contributed by atoms with Gasteiger partial charge in [-0.15, -0.1) is 0 Å². The molecule has 18 heavy (non-hydrogen) atoms. The zero-order chi connectivity index (χ0) is 13.6. The number of aryl methyl sites for hydroxylation is 1. The summed E-state index contributed by atoms with van der Waals surface area (Å²) in [5.41, 5.74) is 7.22. The molecule has 0 aromatic heterocycles. The molecule has 0 unspecified atom stereocenters. The first-order valence-corrected chi connectivity index (χ1v) is 7.20. The van der Waals surface area contributed by atoms with Crippen molar-refractivity contribution in [2.24, 2.45) is 5.14 Å². The van der Waals surface area contributed by atoms with Gasteiger partial charge in [-0.25, -0.2) is 13.6 Å². The highest BCUT2D eigenvalue weighted by Gasteiger charge is 2.05. The Bertz CT molecular complexity index is 497. The number of hydrogen-bond donors (Lipinski definition) is 3. The van der Waals surface area contributed by atoms with Gasteiger partial charge in [0.1, 0.15) is 0 Å². The summed E-state index contributed by atoms with van der Waals surface area (Å²) in [4.78, 5) is 11.4. The normalized spacial score (nSPS) is 11.2. The molecule has 0 spiro atoms. The van der Waals surface area contributed by atoms with E-state index < -0.39 is 10.0 Å². The fourth-order valence-electron chi connectivity index (χ4n) is 1.36. The molecule has 1 amide bonds. The van der Waals surface area contributed by atoms with E-state index in [9.17, 15) is 13.2 Å². The number of anilines is 1. The highest BCUT2D eigenvalue weighted by atomic mass is 32.2. The van der Waals surface area contributed by atoms with Crippen LogP contribution in [0.5, 0.6) is 0 Å². The first kappa shape index (κ1) is 14.5. The number of nitrogens with two attached hydrogens (primary N) is 2. The minimum absolute atomic E-state index is 0.0411. The van der Waals surface area contributed by atoms with Gasteiger partial charge >= 0.3 is 0 Å². The predicted octanol–water partition coefficient (Wildman–Crippen LogP) is -0.394. The van der Waals surface area contributed by atoms with Crippen molar-refractivity contribution < 1.29 is 13.2 Å². The van der Waals surface area contributed by atoms with Crippen LogP contribution >= 0.6 is 0 Å². The van der Waals surface area contributed by atoms with E-state index in [0.29, 0.717) is 18.5 Å². The van der Waals surface area contributed by atoms with Gasteiger partial charge in [0.05, 0.1) is 5.75 Å². The topological polar surface area (TPSA) is 115 Å². The van der Waals surface area contributed by atoms with Crippen molar-refractivity contribution in [2.45, 2.75) is 12.8 Å². The van der Waals surface area contributed by atoms with Crippen molar-refractivity contribution in [3.8, 4) is 0 Å². The Morgan fingerprint density at radius 2 is 1.83 bits per heavy atom. The highest BCUT2D eigenvalue weighted by Crippen LogP contribution is 2.07. The molecule has 6 nitrogen and oxygen atoms in total. The molecule has 0 aliphatic heterocycles. The third-order valence-corrected chi connectivity index (χ3v) is 3.10. The maximum Gasteiger partial charge on any atom is 0.220 e. The van der Waals surface area contributed by atoms with Crippen LogP contribution in [0.4, 0.5) is 5.69 Å². The predicted molar refractivity (Wildman–Crippen MR) is 70.2 cm³/mol. The molecular formula is C11H17N3O3S. The van der Waals surface area contributed by atoms with Crippen LogP contribution in [0.2, 0.25) is 0 Å². The van der Waals surface area contributed by atoms with Crippen LogP contribution in [0, 0.1) is 0 Å². The highest BCUT2D eigenvalue weighted by molar-refractivity contribution is 7.89. The summed E-state index contributed by atoms with van der Waals surface area (Å²) in [6.45, 7) is 0.0411. The summed E-state index contributed by atoms with van der Waals surface area (Å²) in [5.74, 6) is -0.448. The number of hydrogen-bond acceptors (Lipinski definition) is 4. The first-order valence-electron chi connectivity index (χ1n) is 5.48. The van der Waals surface area contributed by atoms with E-state index in [-0.39, 0.29) is 18.2 Å². The number of sulfonamides is 1. The summed E-state index contributed by atoms with van der Waals surface area (Å²) < 4.78 is 21.3. The van der Waals surface area contributed by atoms with E-state index in [0.717, 1.165) is 5.56 Å². The van der Waals surface area contributed by atoms with E-state index in [4.69, 9.17) is 10.9 Å². The summed E-state index contributed by atoms with van der Waals surface area (Å²) in [6.07, 6.45) is 0.885. The van der Waals surface area contributed by atoms with Gasteiger partial charge in [0.2, 0.25) is 15.9 Å². The summed E-state index contributed by atoms with van der Waals surface area (Å²) >= 11 is 0. The molecule has 0 atom stereocenters. The average Bonchev–Trinajstić information content (AvgIpc) is 2.26. The van der Waals surface area contributed by atoms with E-state index in [2.05, 4.69) is 5.32 Å². The van der Waals surface area contributed by atoms with Crippen molar-refractivity contribution in [2.75, 3.05) is 18.0 Å². The lowest BCUT2D eigenvalue weighted by molar-refractivity contribution is -0.120. The Hall–Kier alpha value is -1.60. The molecule has 1 aromatic rings. The molecule has 0 aliphatic carbocycles. The molecule has 100 valence electrons. The van der Waals surface area contributed by atoms with E-state index in [1.54, 1.807) is 12.1 Å². The summed E-state index contributed by atoms with van der Waals surface area (Å²) in [7, 11) is -3.52. The number of amides is 1. The lowest BCUT2D eigenvalue weighted by atomic mass is 10.1. The molecule has 5 N–H and O–H groups in total. The van der Waals surface area contributed by atoms with Gasteiger partial charge in [-0.2, -0.15) is 0 Å². The second-order valence-electron chi connectivity index (χ2n) is 3.96. The molecule has 0 heterocycles. The van der Waals surface area contributed by atoms with Crippen LogP contribution in [0.3, 0.4) is 0 Å². The van der Waals surface area contributed by atoms with Crippen LogP contribution in [0.15, 0.2) is 24.3 Å². The van der Waals surface area contributed by atoms with Gasteiger partial charge < -0.3 is 11.1 Å². The van der Waals surface area contributed by atoms with Crippen molar-refractivity contribution in [3.05, 3.63) is 29.8 Å². The molecule has 0 aliphatic rings. The molecule has 0 bridgehead atoms. The maximum atomic E-state index is 11.4. The third kappa shape index (κ3) is 6.21. The summed E-state index contributed by atoms with van der Waals surface area (Å²) in [6, 6.07) is 7.25. The minimum atomic E-state index is -3.52.